The minimum absolute atomic E-state index is 0.239. The fourth-order valence-corrected chi connectivity index (χ4v) is 5.53. The van der Waals surface area contributed by atoms with E-state index in [0.29, 0.717) is 29.2 Å². The lowest BCUT2D eigenvalue weighted by Gasteiger charge is -2.20. The summed E-state index contributed by atoms with van der Waals surface area (Å²) in [6, 6.07) is 16.6. The van der Waals surface area contributed by atoms with Gasteiger partial charge in [0.2, 0.25) is 5.13 Å². The average molecular weight is 591 g/mol. The van der Waals surface area contributed by atoms with Gasteiger partial charge in [-0.1, -0.05) is 29.3 Å². The predicted octanol–water partition coefficient (Wildman–Crippen LogP) is 8.70. The monoisotopic (exact) mass is 590 g/mol. The molecule has 0 radical (unpaired) electrons. The van der Waals surface area contributed by atoms with Gasteiger partial charge in [0.05, 0.1) is 34.9 Å². The van der Waals surface area contributed by atoms with Gasteiger partial charge in [-0.25, -0.2) is 14.6 Å². The van der Waals surface area contributed by atoms with E-state index >= 15 is 0 Å². The number of hydrogen-bond donors (Lipinski definition) is 0. The number of ether oxygens (including phenoxy) is 2. The van der Waals surface area contributed by atoms with Gasteiger partial charge in [0.1, 0.15) is 9.83 Å². The maximum atomic E-state index is 12.2. The second kappa shape index (κ2) is 14.9. The molecule has 2 heterocycles. The van der Waals surface area contributed by atoms with Crippen LogP contribution in [0.3, 0.4) is 0 Å². The van der Waals surface area contributed by atoms with Gasteiger partial charge in [-0.2, -0.15) is 0 Å². The molecule has 10 nitrogen and oxygen atoms in total. The number of benzene rings is 2. The molecular weight excluding hydrogens is 560 g/mol. The number of anilines is 1. The number of hydrogen-bond acceptors (Lipinski definition) is 12. The summed E-state index contributed by atoms with van der Waals surface area (Å²) in [6.45, 7) is 10.0. The van der Waals surface area contributed by atoms with Crippen molar-refractivity contribution in [1.82, 2.24) is 4.98 Å². The molecule has 2 aromatic carbocycles. The molecule has 41 heavy (non-hydrogen) atoms. The Morgan fingerprint density at radius 3 is 2.15 bits per heavy atom. The summed E-state index contributed by atoms with van der Waals surface area (Å²) >= 11 is 2.86. The van der Waals surface area contributed by atoms with Gasteiger partial charge < -0.3 is 14.4 Å². The lowest BCUT2D eigenvalue weighted by molar-refractivity contribution is -0.137. The third-order valence-electron chi connectivity index (χ3n) is 5.84. The number of carbonyl (C=O) groups excluding carboxylic acids is 2. The zero-order valence-corrected chi connectivity index (χ0v) is 24.5. The van der Waals surface area contributed by atoms with Crippen LogP contribution >= 0.6 is 22.7 Å². The Morgan fingerprint density at radius 1 is 0.878 bits per heavy atom. The number of aromatic nitrogens is 1. The molecule has 0 aliphatic carbocycles. The molecule has 12 heteroatoms. The molecule has 4 aromatic rings. The van der Waals surface area contributed by atoms with Gasteiger partial charge in [0.25, 0.3) is 0 Å². The Labute approximate surface area is 246 Å². The van der Waals surface area contributed by atoms with Gasteiger partial charge in [0.15, 0.2) is 0 Å². The average Bonchev–Trinajstić information content (AvgIpc) is 3.56. The molecule has 0 bridgehead atoms. The molecule has 2 aromatic heterocycles. The first-order chi connectivity index (χ1) is 20.0. The highest BCUT2D eigenvalue weighted by molar-refractivity contribution is 7.30. The smallest absolute Gasteiger partial charge is 0.338 e. The molecular formula is C29H30N6O4S2. The normalized spacial score (nSPS) is 11.4. The van der Waals surface area contributed by atoms with E-state index in [0.717, 1.165) is 45.1 Å². The minimum Gasteiger partial charge on any atom is -0.463 e. The van der Waals surface area contributed by atoms with Crippen LogP contribution in [0.15, 0.2) is 87.7 Å². The van der Waals surface area contributed by atoms with Crippen LogP contribution in [-0.4, -0.2) is 43.2 Å². The summed E-state index contributed by atoms with van der Waals surface area (Å²) < 4.78 is 11.1. The van der Waals surface area contributed by atoms with Crippen molar-refractivity contribution in [3.05, 3.63) is 72.8 Å². The molecule has 0 unspecified atom stereocenters. The van der Waals surface area contributed by atoms with Crippen LogP contribution in [-0.2, 0) is 14.3 Å². The summed E-state index contributed by atoms with van der Waals surface area (Å²) in [5.41, 5.74) is 2.97. The molecule has 0 aliphatic rings. The van der Waals surface area contributed by atoms with Crippen molar-refractivity contribution in [2.75, 3.05) is 31.2 Å². The molecule has 0 saturated heterocycles. The fraction of sp³-hybridized carbons (Fsp3) is 0.276. The van der Waals surface area contributed by atoms with Gasteiger partial charge >= 0.3 is 11.9 Å². The summed E-state index contributed by atoms with van der Waals surface area (Å²) in [4.78, 5) is 30.8. The highest BCUT2D eigenvalue weighted by Crippen LogP contribution is 2.39. The molecule has 0 amide bonds. The fourth-order valence-electron chi connectivity index (χ4n) is 3.68. The quantitative estimate of drug-likeness (QED) is 0.0627. The van der Waals surface area contributed by atoms with Crippen LogP contribution < -0.4 is 4.90 Å². The Hall–Kier alpha value is -4.29. The SMILES string of the molecule is C=CC(=O)OCCCCOC(=O)c1ccc(N=Nc2cc3sc(N=Nc4ccc(N(CC)CC)cc4)nc3s2)cc1. The van der Waals surface area contributed by atoms with Crippen molar-refractivity contribution >= 4 is 71.3 Å². The van der Waals surface area contributed by atoms with Crippen LogP contribution in [0.4, 0.5) is 27.2 Å². The van der Waals surface area contributed by atoms with E-state index in [1.165, 1.54) is 22.7 Å². The third kappa shape index (κ3) is 8.60. The minimum atomic E-state index is -0.463. The van der Waals surface area contributed by atoms with E-state index in [-0.39, 0.29) is 13.2 Å². The lowest BCUT2D eigenvalue weighted by Crippen LogP contribution is -2.21. The number of esters is 2. The number of azo groups is 2. The predicted molar refractivity (Wildman–Crippen MR) is 163 cm³/mol. The first kappa shape index (κ1) is 29.7. The Morgan fingerprint density at radius 2 is 1.51 bits per heavy atom. The van der Waals surface area contributed by atoms with Crippen LogP contribution in [0.25, 0.3) is 9.53 Å². The van der Waals surface area contributed by atoms with Crippen molar-refractivity contribution < 1.29 is 19.1 Å². The molecule has 0 atom stereocenters. The largest absolute Gasteiger partial charge is 0.463 e. The van der Waals surface area contributed by atoms with E-state index in [1.54, 1.807) is 24.3 Å². The molecule has 212 valence electrons. The number of rotatable bonds is 14. The lowest BCUT2D eigenvalue weighted by atomic mass is 10.2. The second-order valence-electron chi connectivity index (χ2n) is 8.60. The number of unbranched alkanes of at least 4 members (excludes halogenated alkanes) is 1. The van der Waals surface area contributed by atoms with Crippen molar-refractivity contribution in [2.45, 2.75) is 26.7 Å². The Balaban J connectivity index is 1.26. The summed E-state index contributed by atoms with van der Waals surface area (Å²) in [6.07, 6.45) is 2.30. The number of carbonyl (C=O) groups is 2. The first-order valence-electron chi connectivity index (χ1n) is 13.1. The van der Waals surface area contributed by atoms with E-state index in [2.05, 4.69) is 62.9 Å². The van der Waals surface area contributed by atoms with E-state index < -0.39 is 11.9 Å². The van der Waals surface area contributed by atoms with Gasteiger partial charge in [-0.05, 0) is 81.3 Å². The van der Waals surface area contributed by atoms with Crippen LogP contribution in [0, 0.1) is 0 Å². The van der Waals surface area contributed by atoms with E-state index in [9.17, 15) is 9.59 Å². The zero-order valence-electron chi connectivity index (χ0n) is 22.9. The van der Waals surface area contributed by atoms with Crippen molar-refractivity contribution in [1.29, 1.82) is 0 Å². The van der Waals surface area contributed by atoms with Crippen LogP contribution in [0.5, 0.6) is 0 Å². The highest BCUT2D eigenvalue weighted by atomic mass is 32.1. The second-order valence-corrected chi connectivity index (χ2v) is 10.6. The van der Waals surface area contributed by atoms with Gasteiger partial charge in [0, 0.05) is 24.9 Å². The Kier molecular flexibility index (Phi) is 10.8. The van der Waals surface area contributed by atoms with Crippen molar-refractivity contribution in [2.24, 2.45) is 20.5 Å². The van der Waals surface area contributed by atoms with Gasteiger partial charge in [-0.3, -0.25) is 0 Å². The van der Waals surface area contributed by atoms with Gasteiger partial charge in [-0.15, -0.1) is 20.5 Å². The topological polar surface area (TPSA) is 118 Å². The maximum Gasteiger partial charge on any atom is 0.338 e. The molecule has 0 fully saturated rings. The summed E-state index contributed by atoms with van der Waals surface area (Å²) in [5.74, 6) is -0.888. The molecule has 0 spiro atoms. The number of nitrogens with zero attached hydrogens (tertiary/aromatic N) is 6. The first-order valence-corrected chi connectivity index (χ1v) is 14.8. The highest BCUT2D eigenvalue weighted by Gasteiger charge is 2.10. The molecule has 0 aliphatic heterocycles. The maximum absolute atomic E-state index is 12.2. The number of thiazole rings is 1. The standard InChI is InChI=1S/C29H30N6O4S2/c1-4-26(36)38-17-7-8-18-39-28(37)20-9-11-21(12-10-20)31-33-25-19-24-27(41-25)30-29(40-24)34-32-22-13-15-23(16-14-22)35(5-2)6-3/h4,9-16,19H,1,5-8,17-18H2,2-3H3. The molecule has 0 saturated carbocycles. The van der Waals surface area contributed by atoms with E-state index in [1.807, 2.05) is 18.2 Å². The molecule has 0 N–H and O–H groups in total. The summed E-state index contributed by atoms with van der Waals surface area (Å²) in [7, 11) is 0. The van der Waals surface area contributed by atoms with Crippen molar-refractivity contribution in [3.63, 3.8) is 0 Å². The Bertz CT molecular complexity index is 1490. The molecule has 4 rings (SSSR count). The third-order valence-corrected chi connectivity index (χ3v) is 7.77. The van der Waals surface area contributed by atoms with Crippen LogP contribution in [0.2, 0.25) is 0 Å². The van der Waals surface area contributed by atoms with Crippen LogP contribution in [0.1, 0.15) is 37.0 Å². The van der Waals surface area contributed by atoms with E-state index in [4.69, 9.17) is 9.47 Å². The zero-order chi connectivity index (χ0) is 29.0. The summed E-state index contributed by atoms with van der Waals surface area (Å²) in [5, 5.41) is 18.5. The number of fused-ring (bicyclic) bond motifs is 1. The van der Waals surface area contributed by atoms with Crippen molar-refractivity contribution in [3.8, 4) is 0 Å². The number of thiophene rings is 1.